The fourth-order valence-electron chi connectivity index (χ4n) is 2.89. The van der Waals surface area contributed by atoms with E-state index in [9.17, 15) is 4.79 Å². The van der Waals surface area contributed by atoms with Gasteiger partial charge in [-0.3, -0.25) is 9.36 Å². The van der Waals surface area contributed by atoms with Gasteiger partial charge in [0.15, 0.2) is 11.5 Å². The molecule has 0 aliphatic carbocycles. The largest absolute Gasteiger partial charge is 0.493 e. The van der Waals surface area contributed by atoms with Gasteiger partial charge in [0.1, 0.15) is 6.33 Å². The third kappa shape index (κ3) is 3.51. The van der Waals surface area contributed by atoms with Gasteiger partial charge in [-0.25, -0.2) is 4.98 Å². The third-order valence-electron chi connectivity index (χ3n) is 4.51. The molecule has 3 rings (SSSR count). The summed E-state index contributed by atoms with van der Waals surface area (Å²) in [5.74, 6) is 1.38. The van der Waals surface area contributed by atoms with Gasteiger partial charge in [-0.15, -0.1) is 0 Å². The number of aromatic nitrogens is 2. The second-order valence-electron chi connectivity index (χ2n) is 6.17. The molecule has 3 aromatic rings. The molecule has 0 N–H and O–H groups in total. The molecule has 140 valence electrons. The van der Waals surface area contributed by atoms with E-state index >= 15 is 0 Å². The number of methoxy groups -OCH3 is 3. The lowest BCUT2D eigenvalue weighted by Crippen LogP contribution is -2.05. The van der Waals surface area contributed by atoms with Crippen LogP contribution >= 0.6 is 0 Å². The number of fused-ring (bicyclic) bond motifs is 1. The molecule has 1 heterocycles. The summed E-state index contributed by atoms with van der Waals surface area (Å²) >= 11 is 0. The Bertz CT molecular complexity index is 1010. The summed E-state index contributed by atoms with van der Waals surface area (Å²) < 4.78 is 17.5. The van der Waals surface area contributed by atoms with Crippen molar-refractivity contribution in [2.75, 3.05) is 21.3 Å². The van der Waals surface area contributed by atoms with Crippen LogP contribution in [0.4, 0.5) is 0 Å². The average molecular weight is 366 g/mol. The van der Waals surface area contributed by atoms with Gasteiger partial charge in [0.25, 0.3) is 5.91 Å². The highest BCUT2D eigenvalue weighted by Crippen LogP contribution is 2.38. The molecule has 1 aromatic heterocycles. The van der Waals surface area contributed by atoms with Crippen molar-refractivity contribution in [1.82, 2.24) is 9.55 Å². The van der Waals surface area contributed by atoms with Gasteiger partial charge in [0, 0.05) is 6.08 Å². The number of hydrogen-bond donors (Lipinski definition) is 0. The van der Waals surface area contributed by atoms with Crippen LogP contribution in [0.5, 0.6) is 17.2 Å². The minimum absolute atomic E-state index is 0.186. The molecule has 0 saturated heterocycles. The summed E-state index contributed by atoms with van der Waals surface area (Å²) in [6.45, 7) is 4.04. The number of rotatable bonds is 5. The normalized spacial score (nSPS) is 11.1. The summed E-state index contributed by atoms with van der Waals surface area (Å²) in [4.78, 5) is 17.0. The van der Waals surface area contributed by atoms with E-state index in [0.717, 1.165) is 27.7 Å². The summed E-state index contributed by atoms with van der Waals surface area (Å²) in [7, 11) is 4.66. The molecule has 2 aromatic carbocycles. The van der Waals surface area contributed by atoms with E-state index in [0.29, 0.717) is 17.2 Å². The SMILES string of the molecule is COc1cc(C=CC(=O)n2cnc3cc(C)c(C)cc32)cc(OC)c1OC. The first-order chi connectivity index (χ1) is 13.0. The first kappa shape index (κ1) is 18.5. The quantitative estimate of drug-likeness (QED) is 0.638. The number of aryl methyl sites for hydroxylation is 2. The molecular weight excluding hydrogens is 344 g/mol. The summed E-state index contributed by atoms with van der Waals surface area (Å²) in [6.07, 6.45) is 4.75. The smallest absolute Gasteiger partial charge is 0.256 e. The molecule has 0 fully saturated rings. The van der Waals surface area contributed by atoms with Crippen molar-refractivity contribution in [3.05, 3.63) is 53.4 Å². The number of carbonyl (C=O) groups is 1. The molecule has 6 heteroatoms. The molecule has 0 radical (unpaired) electrons. The minimum atomic E-state index is -0.186. The second kappa shape index (κ2) is 7.53. The lowest BCUT2D eigenvalue weighted by molar-refractivity contribution is 0.0974. The van der Waals surface area contributed by atoms with Gasteiger partial charge in [-0.05, 0) is 60.9 Å². The minimum Gasteiger partial charge on any atom is -0.493 e. The van der Waals surface area contributed by atoms with Gasteiger partial charge >= 0.3 is 0 Å². The van der Waals surface area contributed by atoms with E-state index in [4.69, 9.17) is 14.2 Å². The lowest BCUT2D eigenvalue weighted by atomic mass is 10.1. The van der Waals surface area contributed by atoms with Gasteiger partial charge in [0.2, 0.25) is 5.75 Å². The van der Waals surface area contributed by atoms with Crippen LogP contribution in [0.25, 0.3) is 17.1 Å². The van der Waals surface area contributed by atoms with E-state index in [1.54, 1.807) is 45.9 Å². The Labute approximate surface area is 158 Å². The van der Waals surface area contributed by atoms with Gasteiger partial charge in [-0.1, -0.05) is 0 Å². The molecular formula is C21H22N2O4. The standard InChI is InChI=1S/C21H22N2O4/c1-13-8-16-17(9-14(13)2)23(12-22-16)20(24)7-6-15-10-18(25-3)21(27-5)19(11-15)26-4/h6-12H,1-5H3. The molecule has 27 heavy (non-hydrogen) atoms. The number of hydrogen-bond acceptors (Lipinski definition) is 5. The zero-order valence-corrected chi connectivity index (χ0v) is 16.1. The Balaban J connectivity index is 1.95. The van der Waals surface area contributed by atoms with Crippen molar-refractivity contribution in [2.45, 2.75) is 13.8 Å². The highest BCUT2D eigenvalue weighted by atomic mass is 16.5. The zero-order chi connectivity index (χ0) is 19.6. The van der Waals surface area contributed by atoms with Crippen LogP contribution in [-0.2, 0) is 0 Å². The van der Waals surface area contributed by atoms with Gasteiger partial charge in [0.05, 0.1) is 32.4 Å². The molecule has 0 saturated carbocycles. The van der Waals surface area contributed by atoms with Crippen molar-refractivity contribution < 1.29 is 19.0 Å². The van der Waals surface area contributed by atoms with Crippen molar-refractivity contribution >= 4 is 23.0 Å². The third-order valence-corrected chi connectivity index (χ3v) is 4.51. The maximum atomic E-state index is 12.7. The van der Waals surface area contributed by atoms with Crippen LogP contribution in [0.15, 0.2) is 36.7 Å². The topological polar surface area (TPSA) is 62.6 Å². The van der Waals surface area contributed by atoms with Crippen molar-refractivity contribution in [3.8, 4) is 17.2 Å². The van der Waals surface area contributed by atoms with Crippen molar-refractivity contribution in [1.29, 1.82) is 0 Å². The van der Waals surface area contributed by atoms with E-state index in [-0.39, 0.29) is 5.91 Å². The number of carbonyl (C=O) groups excluding carboxylic acids is 1. The maximum Gasteiger partial charge on any atom is 0.256 e. The summed E-state index contributed by atoms with van der Waals surface area (Å²) in [6, 6.07) is 7.52. The molecule has 0 atom stereocenters. The van der Waals surface area contributed by atoms with Crippen LogP contribution < -0.4 is 14.2 Å². The maximum absolute atomic E-state index is 12.7. The Morgan fingerprint density at radius 2 is 1.59 bits per heavy atom. The molecule has 0 aliphatic heterocycles. The fraction of sp³-hybridized carbons (Fsp3) is 0.238. The first-order valence-corrected chi connectivity index (χ1v) is 8.45. The molecule has 0 bridgehead atoms. The van der Waals surface area contributed by atoms with E-state index < -0.39 is 0 Å². The number of ether oxygens (including phenoxy) is 3. The van der Waals surface area contributed by atoms with Crippen LogP contribution in [0.3, 0.4) is 0 Å². The van der Waals surface area contributed by atoms with Gasteiger partial charge in [-0.2, -0.15) is 0 Å². The fourth-order valence-corrected chi connectivity index (χ4v) is 2.89. The average Bonchev–Trinajstić information content (AvgIpc) is 3.07. The first-order valence-electron chi connectivity index (χ1n) is 8.45. The van der Waals surface area contributed by atoms with Gasteiger partial charge < -0.3 is 14.2 Å². The highest BCUT2D eigenvalue weighted by molar-refractivity contribution is 5.99. The Morgan fingerprint density at radius 1 is 0.963 bits per heavy atom. The van der Waals surface area contributed by atoms with Crippen LogP contribution in [0.2, 0.25) is 0 Å². The van der Waals surface area contributed by atoms with E-state index in [2.05, 4.69) is 4.98 Å². The second-order valence-corrected chi connectivity index (χ2v) is 6.17. The molecule has 0 unspecified atom stereocenters. The molecule has 0 spiro atoms. The van der Waals surface area contributed by atoms with E-state index in [1.807, 2.05) is 26.0 Å². The Morgan fingerprint density at radius 3 is 2.19 bits per heavy atom. The number of allylic oxidation sites excluding steroid dienone is 1. The monoisotopic (exact) mass is 366 g/mol. The van der Waals surface area contributed by atoms with E-state index in [1.165, 1.54) is 10.6 Å². The lowest BCUT2D eigenvalue weighted by Gasteiger charge is -2.12. The molecule has 0 aliphatic rings. The number of nitrogens with zero attached hydrogens (tertiary/aromatic N) is 2. The number of benzene rings is 2. The summed E-state index contributed by atoms with van der Waals surface area (Å²) in [5, 5.41) is 0. The van der Waals surface area contributed by atoms with Crippen molar-refractivity contribution in [3.63, 3.8) is 0 Å². The zero-order valence-electron chi connectivity index (χ0n) is 16.1. The van der Waals surface area contributed by atoms with Crippen LogP contribution in [-0.4, -0.2) is 36.8 Å². The summed E-state index contributed by atoms with van der Waals surface area (Å²) in [5.41, 5.74) is 4.61. The predicted octanol–water partition coefficient (Wildman–Crippen LogP) is 4.03. The number of imidazole rings is 1. The highest BCUT2D eigenvalue weighted by Gasteiger charge is 2.13. The Hall–Kier alpha value is -3.28. The van der Waals surface area contributed by atoms with Crippen LogP contribution in [0, 0.1) is 13.8 Å². The van der Waals surface area contributed by atoms with Crippen LogP contribution in [0.1, 0.15) is 21.5 Å². The molecule has 0 amide bonds. The van der Waals surface area contributed by atoms with Crippen molar-refractivity contribution in [2.24, 2.45) is 0 Å². The Kier molecular flexibility index (Phi) is 5.16. The predicted molar refractivity (Wildman–Crippen MR) is 105 cm³/mol. The molecule has 6 nitrogen and oxygen atoms in total.